The highest BCUT2D eigenvalue weighted by Crippen LogP contribution is 2.37. The molecule has 0 aliphatic heterocycles. The molecular weight excluding hydrogens is 508 g/mol. The van der Waals surface area contributed by atoms with Crippen LogP contribution in [0.5, 0.6) is 0 Å². The Kier molecular flexibility index (Phi) is 5.82. The van der Waals surface area contributed by atoms with Crippen molar-refractivity contribution in [3.05, 3.63) is 158 Å². The maximum absolute atomic E-state index is 5.26. The highest BCUT2D eigenvalue weighted by molar-refractivity contribution is 6.13. The van der Waals surface area contributed by atoms with Gasteiger partial charge in [-0.05, 0) is 55.6 Å². The van der Waals surface area contributed by atoms with Crippen LogP contribution < -0.4 is 0 Å². The minimum absolute atomic E-state index is 0.726. The van der Waals surface area contributed by atoms with Gasteiger partial charge in [-0.25, -0.2) is 9.97 Å². The number of rotatable bonds is 4. The fraction of sp³-hybridized carbons (Fsp3) is 0. The van der Waals surface area contributed by atoms with Crippen molar-refractivity contribution < 1.29 is 0 Å². The van der Waals surface area contributed by atoms with E-state index in [1.54, 1.807) is 0 Å². The molecule has 2 heteroatoms. The number of fused-ring (bicyclic) bond motifs is 4. The molecule has 8 aromatic rings. The van der Waals surface area contributed by atoms with Gasteiger partial charge < -0.3 is 0 Å². The lowest BCUT2D eigenvalue weighted by Crippen LogP contribution is -1.97. The second kappa shape index (κ2) is 10.1. The SMILES string of the molecule is c1ccc(-c2ccc(-c3cc(-c4cccc5ccccc45)nc(-c4cc5ccccc5c5ccccc45)n3)cc2)cc1. The van der Waals surface area contributed by atoms with Crippen molar-refractivity contribution in [2.24, 2.45) is 0 Å². The Bertz CT molecular complexity index is 2230. The Labute approximate surface area is 244 Å². The molecule has 1 heterocycles. The van der Waals surface area contributed by atoms with Gasteiger partial charge >= 0.3 is 0 Å². The van der Waals surface area contributed by atoms with E-state index < -0.39 is 0 Å². The van der Waals surface area contributed by atoms with Crippen LogP contribution in [-0.2, 0) is 0 Å². The molecule has 0 fully saturated rings. The predicted octanol–water partition coefficient (Wildman–Crippen LogP) is 10.6. The van der Waals surface area contributed by atoms with Gasteiger partial charge in [-0.3, -0.25) is 0 Å². The van der Waals surface area contributed by atoms with E-state index in [0.717, 1.165) is 39.3 Å². The second-order valence-corrected chi connectivity index (χ2v) is 10.6. The molecule has 0 N–H and O–H groups in total. The summed E-state index contributed by atoms with van der Waals surface area (Å²) in [5.41, 5.74) is 7.40. The Morgan fingerprint density at radius 3 is 1.69 bits per heavy atom. The van der Waals surface area contributed by atoms with Crippen molar-refractivity contribution in [2.45, 2.75) is 0 Å². The van der Waals surface area contributed by atoms with E-state index >= 15 is 0 Å². The van der Waals surface area contributed by atoms with Gasteiger partial charge in [-0.1, -0.05) is 146 Å². The van der Waals surface area contributed by atoms with E-state index in [0.29, 0.717) is 0 Å². The van der Waals surface area contributed by atoms with Crippen LogP contribution >= 0.6 is 0 Å². The first-order valence-corrected chi connectivity index (χ1v) is 14.3. The summed E-state index contributed by atoms with van der Waals surface area (Å²) in [6.45, 7) is 0. The number of hydrogen-bond acceptors (Lipinski definition) is 2. The molecule has 8 rings (SSSR count). The van der Waals surface area contributed by atoms with E-state index in [-0.39, 0.29) is 0 Å². The number of nitrogens with zero attached hydrogens (tertiary/aromatic N) is 2. The molecule has 42 heavy (non-hydrogen) atoms. The van der Waals surface area contributed by atoms with Crippen LogP contribution in [0.2, 0.25) is 0 Å². The first-order chi connectivity index (χ1) is 20.8. The summed E-state index contributed by atoms with van der Waals surface area (Å²) in [5.74, 6) is 0.726. The maximum atomic E-state index is 5.26. The standard InChI is InChI=1S/C40H26N2/c1-2-11-27(12-3-1)28-21-23-30(24-22-28)38-26-39(36-20-10-15-29-13-4-6-16-32(29)36)42-40(41-38)37-25-31-14-5-7-17-33(31)34-18-8-9-19-35(34)37/h1-26H. The third kappa shape index (κ3) is 4.22. The largest absolute Gasteiger partial charge is 0.228 e. The van der Waals surface area contributed by atoms with Gasteiger partial charge in [0.2, 0.25) is 0 Å². The zero-order valence-electron chi connectivity index (χ0n) is 22.9. The fourth-order valence-corrected chi connectivity index (χ4v) is 6.01. The summed E-state index contributed by atoms with van der Waals surface area (Å²) in [6.07, 6.45) is 0. The highest BCUT2D eigenvalue weighted by Gasteiger charge is 2.16. The van der Waals surface area contributed by atoms with E-state index in [2.05, 4.69) is 152 Å². The Morgan fingerprint density at radius 1 is 0.310 bits per heavy atom. The summed E-state index contributed by atoms with van der Waals surface area (Å²) < 4.78 is 0. The van der Waals surface area contributed by atoms with Crippen molar-refractivity contribution in [3.63, 3.8) is 0 Å². The normalized spacial score (nSPS) is 11.3. The van der Waals surface area contributed by atoms with E-state index in [1.807, 2.05) is 6.07 Å². The molecule has 0 radical (unpaired) electrons. The van der Waals surface area contributed by atoms with Crippen LogP contribution in [0.25, 0.3) is 77.3 Å². The van der Waals surface area contributed by atoms with Gasteiger partial charge in [-0.15, -0.1) is 0 Å². The van der Waals surface area contributed by atoms with E-state index in [9.17, 15) is 0 Å². The van der Waals surface area contributed by atoms with Crippen molar-refractivity contribution in [2.75, 3.05) is 0 Å². The number of benzene rings is 7. The lowest BCUT2D eigenvalue weighted by Gasteiger charge is -2.14. The molecule has 0 saturated heterocycles. The van der Waals surface area contributed by atoms with Crippen LogP contribution in [0.1, 0.15) is 0 Å². The van der Waals surface area contributed by atoms with Crippen LogP contribution in [0, 0.1) is 0 Å². The zero-order valence-corrected chi connectivity index (χ0v) is 22.9. The van der Waals surface area contributed by atoms with Crippen molar-refractivity contribution >= 4 is 32.3 Å². The van der Waals surface area contributed by atoms with Crippen LogP contribution in [0.3, 0.4) is 0 Å². The molecule has 7 aromatic carbocycles. The van der Waals surface area contributed by atoms with E-state index in [4.69, 9.17) is 9.97 Å². The van der Waals surface area contributed by atoms with Crippen LogP contribution in [0.15, 0.2) is 158 Å². The van der Waals surface area contributed by atoms with Gasteiger partial charge in [0.05, 0.1) is 11.4 Å². The second-order valence-electron chi connectivity index (χ2n) is 10.6. The van der Waals surface area contributed by atoms with Crippen molar-refractivity contribution in [1.29, 1.82) is 0 Å². The summed E-state index contributed by atoms with van der Waals surface area (Å²) in [6, 6.07) is 55.6. The monoisotopic (exact) mass is 534 g/mol. The Hall–Kier alpha value is -5.60. The quantitative estimate of drug-likeness (QED) is 0.210. The molecule has 0 aliphatic carbocycles. The first kappa shape index (κ1) is 24.2. The summed E-state index contributed by atoms with van der Waals surface area (Å²) in [7, 11) is 0. The molecule has 0 amide bonds. The van der Waals surface area contributed by atoms with Crippen molar-refractivity contribution in [1.82, 2.24) is 9.97 Å². The lowest BCUT2D eigenvalue weighted by molar-refractivity contribution is 1.19. The lowest BCUT2D eigenvalue weighted by atomic mass is 9.96. The van der Waals surface area contributed by atoms with Gasteiger partial charge in [0.1, 0.15) is 0 Å². The van der Waals surface area contributed by atoms with Gasteiger partial charge in [0, 0.05) is 16.7 Å². The Morgan fingerprint density at radius 2 is 0.881 bits per heavy atom. The molecule has 0 saturated carbocycles. The molecule has 0 aliphatic rings. The van der Waals surface area contributed by atoms with Gasteiger partial charge in [-0.2, -0.15) is 0 Å². The van der Waals surface area contributed by atoms with E-state index in [1.165, 1.54) is 38.1 Å². The van der Waals surface area contributed by atoms with Crippen LogP contribution in [-0.4, -0.2) is 9.97 Å². The Balaban J connectivity index is 1.38. The molecule has 1 aromatic heterocycles. The third-order valence-corrected chi connectivity index (χ3v) is 8.09. The molecule has 196 valence electrons. The summed E-state index contributed by atoms with van der Waals surface area (Å²) in [5, 5.41) is 7.14. The minimum Gasteiger partial charge on any atom is -0.228 e. The van der Waals surface area contributed by atoms with Crippen molar-refractivity contribution in [3.8, 4) is 45.0 Å². The third-order valence-electron chi connectivity index (χ3n) is 8.09. The summed E-state index contributed by atoms with van der Waals surface area (Å²) >= 11 is 0. The highest BCUT2D eigenvalue weighted by atomic mass is 14.9. The van der Waals surface area contributed by atoms with Crippen LogP contribution in [0.4, 0.5) is 0 Å². The van der Waals surface area contributed by atoms with Gasteiger partial charge in [0.25, 0.3) is 0 Å². The molecule has 0 unspecified atom stereocenters. The molecule has 0 spiro atoms. The molecule has 0 bridgehead atoms. The maximum Gasteiger partial charge on any atom is 0.161 e. The first-order valence-electron chi connectivity index (χ1n) is 14.3. The number of hydrogen-bond donors (Lipinski definition) is 0. The smallest absolute Gasteiger partial charge is 0.161 e. The zero-order chi connectivity index (χ0) is 27.9. The average molecular weight is 535 g/mol. The van der Waals surface area contributed by atoms with Gasteiger partial charge in [0.15, 0.2) is 5.82 Å². The summed E-state index contributed by atoms with van der Waals surface area (Å²) in [4.78, 5) is 10.5. The molecular formula is C40H26N2. The minimum atomic E-state index is 0.726. The molecule has 0 atom stereocenters. The fourth-order valence-electron chi connectivity index (χ4n) is 6.01. The average Bonchev–Trinajstić information content (AvgIpc) is 3.08. The molecule has 2 nitrogen and oxygen atoms in total. The number of aromatic nitrogens is 2. The topological polar surface area (TPSA) is 25.8 Å². The predicted molar refractivity (Wildman–Crippen MR) is 176 cm³/mol.